The lowest BCUT2D eigenvalue weighted by atomic mass is 9.79. The summed E-state index contributed by atoms with van der Waals surface area (Å²) in [5, 5.41) is 9.71. The van der Waals surface area contributed by atoms with Gasteiger partial charge >= 0.3 is 0 Å². The molecule has 1 fully saturated rings. The number of amides is 1. The summed E-state index contributed by atoms with van der Waals surface area (Å²) < 4.78 is 0. The molecular formula is C14H19NO2. The number of β-lactam (4-membered cyclic amide) rings is 1. The van der Waals surface area contributed by atoms with Crippen molar-refractivity contribution in [2.24, 2.45) is 5.92 Å². The van der Waals surface area contributed by atoms with Crippen LogP contribution < -0.4 is 0 Å². The molecule has 0 radical (unpaired) electrons. The van der Waals surface area contributed by atoms with E-state index in [4.69, 9.17) is 0 Å². The highest BCUT2D eigenvalue weighted by Crippen LogP contribution is 2.41. The van der Waals surface area contributed by atoms with E-state index in [0.29, 0.717) is 0 Å². The van der Waals surface area contributed by atoms with Crippen LogP contribution in [0.5, 0.6) is 0 Å². The highest BCUT2D eigenvalue weighted by atomic mass is 16.3. The average Bonchev–Trinajstić information content (AvgIpc) is 2.33. The van der Waals surface area contributed by atoms with Crippen molar-refractivity contribution in [1.82, 2.24) is 4.90 Å². The molecule has 1 aromatic carbocycles. The number of aliphatic hydroxyl groups excluding tert-OH is 1. The number of rotatable bonds is 4. The minimum absolute atomic E-state index is 0.0450. The smallest absolute Gasteiger partial charge is 0.231 e. The second-order valence-electron chi connectivity index (χ2n) is 4.65. The Bertz CT molecular complexity index is 388. The summed E-state index contributed by atoms with van der Waals surface area (Å²) >= 11 is 0. The van der Waals surface area contributed by atoms with Crippen LogP contribution in [0.25, 0.3) is 0 Å². The zero-order valence-electron chi connectivity index (χ0n) is 10.3. The Balaban J connectivity index is 2.24. The summed E-state index contributed by atoms with van der Waals surface area (Å²) in [4.78, 5) is 13.8. The Morgan fingerprint density at radius 1 is 1.35 bits per heavy atom. The first-order chi connectivity index (χ1) is 8.16. The van der Waals surface area contributed by atoms with E-state index in [1.807, 2.05) is 35.2 Å². The van der Waals surface area contributed by atoms with Crippen molar-refractivity contribution >= 4 is 5.91 Å². The van der Waals surface area contributed by atoms with Gasteiger partial charge in [0.2, 0.25) is 5.91 Å². The van der Waals surface area contributed by atoms with Gasteiger partial charge in [0, 0.05) is 6.54 Å². The van der Waals surface area contributed by atoms with Crippen LogP contribution in [0.3, 0.4) is 0 Å². The van der Waals surface area contributed by atoms with Crippen LogP contribution >= 0.6 is 0 Å². The summed E-state index contributed by atoms with van der Waals surface area (Å²) in [6.07, 6.45) is 0.363. The molecule has 1 saturated heterocycles. The molecule has 1 amide bonds. The van der Waals surface area contributed by atoms with E-state index in [2.05, 4.69) is 6.92 Å². The number of likely N-dealkylation sites (tertiary alicyclic amines) is 1. The normalized spacial score (nSPS) is 25.6. The zero-order chi connectivity index (χ0) is 12.4. The predicted octanol–water partition coefficient (Wildman–Crippen LogP) is 1.98. The standard InChI is InChI=1S/C14H19NO2/c1-3-9-15-13(11-7-5-4-6-8-11)12(10(2)16)14(15)17/h4-8,10,12-13,16H,3,9H2,1-2H3/t10?,12-,13-/m1/s1. The Morgan fingerprint density at radius 2 is 2.00 bits per heavy atom. The molecule has 92 valence electrons. The van der Waals surface area contributed by atoms with Gasteiger partial charge in [-0.15, -0.1) is 0 Å². The van der Waals surface area contributed by atoms with Gasteiger partial charge in [0.1, 0.15) is 0 Å². The third-order valence-electron chi connectivity index (χ3n) is 3.37. The SMILES string of the molecule is CCCN1C(=O)[C@H](C(C)O)[C@H]1c1ccccc1. The molecule has 1 aliphatic rings. The van der Waals surface area contributed by atoms with Crippen molar-refractivity contribution in [2.45, 2.75) is 32.4 Å². The van der Waals surface area contributed by atoms with Crippen LogP contribution in [-0.2, 0) is 4.79 Å². The zero-order valence-corrected chi connectivity index (χ0v) is 10.3. The fraction of sp³-hybridized carbons (Fsp3) is 0.500. The van der Waals surface area contributed by atoms with Gasteiger partial charge in [0.15, 0.2) is 0 Å². The van der Waals surface area contributed by atoms with E-state index in [0.717, 1.165) is 18.5 Å². The van der Waals surface area contributed by atoms with Crippen LogP contribution in [0.4, 0.5) is 0 Å². The topological polar surface area (TPSA) is 40.5 Å². The second kappa shape index (κ2) is 4.88. The van der Waals surface area contributed by atoms with Crippen LogP contribution in [0.15, 0.2) is 30.3 Å². The molecule has 3 nitrogen and oxygen atoms in total. The van der Waals surface area contributed by atoms with Crippen molar-refractivity contribution in [3.8, 4) is 0 Å². The molecule has 1 heterocycles. The quantitative estimate of drug-likeness (QED) is 0.808. The maximum Gasteiger partial charge on any atom is 0.231 e. The fourth-order valence-corrected chi connectivity index (χ4v) is 2.57. The van der Waals surface area contributed by atoms with E-state index in [1.54, 1.807) is 6.92 Å². The van der Waals surface area contributed by atoms with Crippen molar-refractivity contribution in [3.63, 3.8) is 0 Å². The van der Waals surface area contributed by atoms with Crippen LogP contribution in [0, 0.1) is 5.92 Å². The van der Waals surface area contributed by atoms with Crippen molar-refractivity contribution < 1.29 is 9.90 Å². The minimum Gasteiger partial charge on any atom is -0.392 e. The summed E-state index contributed by atoms with van der Waals surface area (Å²) in [6.45, 7) is 4.52. The molecule has 17 heavy (non-hydrogen) atoms. The number of aliphatic hydroxyl groups is 1. The lowest BCUT2D eigenvalue weighted by Gasteiger charge is -2.48. The van der Waals surface area contributed by atoms with Crippen molar-refractivity contribution in [2.75, 3.05) is 6.54 Å². The molecule has 3 atom stereocenters. The molecule has 0 spiro atoms. The number of hydrogen-bond donors (Lipinski definition) is 1. The van der Waals surface area contributed by atoms with Gasteiger partial charge in [-0.25, -0.2) is 0 Å². The molecule has 1 unspecified atom stereocenters. The molecule has 0 bridgehead atoms. The van der Waals surface area contributed by atoms with Crippen LogP contribution in [-0.4, -0.2) is 28.6 Å². The van der Waals surface area contributed by atoms with Gasteiger partial charge in [0.05, 0.1) is 18.1 Å². The largest absolute Gasteiger partial charge is 0.392 e. The van der Waals surface area contributed by atoms with E-state index in [1.165, 1.54) is 0 Å². The molecule has 1 N–H and O–H groups in total. The summed E-state index contributed by atoms with van der Waals surface area (Å²) in [7, 11) is 0. The number of carbonyl (C=O) groups is 1. The first-order valence-corrected chi connectivity index (χ1v) is 6.20. The van der Waals surface area contributed by atoms with E-state index in [9.17, 15) is 9.90 Å². The molecular weight excluding hydrogens is 214 g/mol. The number of carbonyl (C=O) groups excluding carboxylic acids is 1. The minimum atomic E-state index is -0.583. The third kappa shape index (κ3) is 2.07. The Labute approximate surface area is 102 Å². The maximum atomic E-state index is 11.9. The molecule has 1 aliphatic heterocycles. The van der Waals surface area contributed by atoms with E-state index < -0.39 is 6.10 Å². The van der Waals surface area contributed by atoms with Crippen LogP contribution in [0.1, 0.15) is 31.9 Å². The average molecular weight is 233 g/mol. The molecule has 2 rings (SSSR count). The second-order valence-corrected chi connectivity index (χ2v) is 4.65. The molecule has 0 saturated carbocycles. The van der Waals surface area contributed by atoms with E-state index in [-0.39, 0.29) is 17.9 Å². The van der Waals surface area contributed by atoms with Crippen LogP contribution in [0.2, 0.25) is 0 Å². The fourth-order valence-electron chi connectivity index (χ4n) is 2.57. The lowest BCUT2D eigenvalue weighted by Crippen LogP contribution is -2.58. The predicted molar refractivity (Wildman–Crippen MR) is 66.4 cm³/mol. The molecule has 0 aliphatic carbocycles. The monoisotopic (exact) mass is 233 g/mol. The van der Waals surface area contributed by atoms with Gasteiger partial charge in [-0.3, -0.25) is 4.79 Å². The number of benzene rings is 1. The van der Waals surface area contributed by atoms with Gasteiger partial charge in [-0.2, -0.15) is 0 Å². The number of nitrogens with zero attached hydrogens (tertiary/aromatic N) is 1. The Hall–Kier alpha value is -1.35. The first kappa shape index (κ1) is 12.1. The highest BCUT2D eigenvalue weighted by Gasteiger charge is 2.49. The van der Waals surface area contributed by atoms with Gasteiger partial charge < -0.3 is 10.0 Å². The van der Waals surface area contributed by atoms with Crippen molar-refractivity contribution in [1.29, 1.82) is 0 Å². The first-order valence-electron chi connectivity index (χ1n) is 6.20. The molecule has 0 aromatic heterocycles. The maximum absolute atomic E-state index is 11.9. The Kier molecular flexibility index (Phi) is 3.48. The lowest BCUT2D eigenvalue weighted by molar-refractivity contribution is -0.164. The third-order valence-corrected chi connectivity index (χ3v) is 3.37. The summed E-state index contributed by atoms with van der Waals surface area (Å²) in [6, 6.07) is 10.0. The van der Waals surface area contributed by atoms with E-state index >= 15 is 0 Å². The molecule has 1 aromatic rings. The van der Waals surface area contributed by atoms with Gasteiger partial charge in [0.25, 0.3) is 0 Å². The summed E-state index contributed by atoms with van der Waals surface area (Å²) in [5.41, 5.74) is 1.12. The molecule has 3 heteroatoms. The van der Waals surface area contributed by atoms with Crippen molar-refractivity contribution in [3.05, 3.63) is 35.9 Å². The van der Waals surface area contributed by atoms with Gasteiger partial charge in [-0.1, -0.05) is 37.3 Å². The number of hydrogen-bond acceptors (Lipinski definition) is 2. The van der Waals surface area contributed by atoms with Gasteiger partial charge in [-0.05, 0) is 18.9 Å². The highest BCUT2D eigenvalue weighted by molar-refractivity contribution is 5.87. The Morgan fingerprint density at radius 3 is 2.53 bits per heavy atom. The summed E-state index contributed by atoms with van der Waals surface area (Å²) in [5.74, 6) is -0.195.